The maximum Gasteiger partial charge on any atom is 0.266 e. The minimum Gasteiger partial charge on any atom is -0.494 e. The van der Waals surface area contributed by atoms with E-state index in [1.54, 1.807) is 43.5 Å². The maximum atomic E-state index is 12.7. The summed E-state index contributed by atoms with van der Waals surface area (Å²) in [7, 11) is 1.55. The molecule has 1 N–H and O–H groups in total. The van der Waals surface area contributed by atoms with E-state index in [9.17, 15) is 10.1 Å². The third-order valence-corrected chi connectivity index (χ3v) is 6.27. The van der Waals surface area contributed by atoms with Gasteiger partial charge in [0.1, 0.15) is 24.0 Å². The molecule has 0 saturated carbocycles. The zero-order chi connectivity index (χ0) is 26.2. The van der Waals surface area contributed by atoms with Gasteiger partial charge in [-0.2, -0.15) is 5.26 Å². The minimum absolute atomic E-state index is 0.0542. The number of amides is 1. The van der Waals surface area contributed by atoms with Crippen molar-refractivity contribution in [2.75, 3.05) is 19.0 Å². The summed E-state index contributed by atoms with van der Waals surface area (Å²) < 4.78 is 17.7. The van der Waals surface area contributed by atoms with Crippen molar-refractivity contribution < 1.29 is 19.0 Å². The Kier molecular flexibility index (Phi) is 8.44. The lowest BCUT2D eigenvalue weighted by Crippen LogP contribution is -2.13. The lowest BCUT2D eigenvalue weighted by molar-refractivity contribution is -0.112. The average molecular weight is 557 g/mol. The van der Waals surface area contributed by atoms with Gasteiger partial charge in [-0.15, -0.1) is 0 Å². The lowest BCUT2D eigenvalue weighted by atomic mass is 10.1. The number of nitrogens with zero attached hydrogens (tertiary/aromatic N) is 1. The number of benzene rings is 4. The second kappa shape index (κ2) is 12.1. The van der Waals surface area contributed by atoms with E-state index >= 15 is 0 Å². The normalized spacial score (nSPS) is 11.0. The summed E-state index contributed by atoms with van der Waals surface area (Å²) in [5.74, 6) is 1.21. The Bertz CT molecular complexity index is 1490. The van der Waals surface area contributed by atoms with Crippen LogP contribution in [-0.2, 0) is 11.4 Å². The molecule has 0 aliphatic carbocycles. The van der Waals surface area contributed by atoms with Crippen LogP contribution in [-0.4, -0.2) is 19.6 Å². The van der Waals surface area contributed by atoms with Gasteiger partial charge in [0.05, 0.1) is 13.7 Å². The molecule has 0 unspecified atom stereocenters. The smallest absolute Gasteiger partial charge is 0.266 e. The number of rotatable bonds is 9. The number of nitrogens with one attached hydrogen (secondary N) is 1. The summed E-state index contributed by atoms with van der Waals surface area (Å²) in [6.07, 6.45) is 1.50. The van der Waals surface area contributed by atoms with E-state index in [-0.39, 0.29) is 5.57 Å². The largest absolute Gasteiger partial charge is 0.494 e. The molecular weight excluding hydrogens is 532 g/mol. The molecule has 0 fully saturated rings. The quantitative estimate of drug-likeness (QED) is 0.175. The Morgan fingerprint density at radius 2 is 1.73 bits per heavy atom. The van der Waals surface area contributed by atoms with Crippen molar-refractivity contribution in [3.63, 3.8) is 0 Å². The van der Waals surface area contributed by atoms with Crippen LogP contribution in [0.5, 0.6) is 17.2 Å². The molecule has 7 heteroatoms. The summed E-state index contributed by atoms with van der Waals surface area (Å²) in [5, 5.41) is 14.7. The number of anilines is 1. The van der Waals surface area contributed by atoms with E-state index in [1.165, 1.54) is 11.5 Å². The summed E-state index contributed by atoms with van der Waals surface area (Å²) in [4.78, 5) is 12.7. The Balaban J connectivity index is 1.50. The molecule has 6 nitrogen and oxygen atoms in total. The summed E-state index contributed by atoms with van der Waals surface area (Å²) in [6, 6.07) is 26.8. The molecule has 0 atom stereocenters. The number of nitriles is 1. The fourth-order valence-electron chi connectivity index (χ4n) is 3.73. The molecule has 0 aliphatic heterocycles. The first-order valence-electron chi connectivity index (χ1n) is 11.6. The minimum atomic E-state index is -0.519. The summed E-state index contributed by atoms with van der Waals surface area (Å²) in [6.45, 7) is 2.81. The van der Waals surface area contributed by atoms with Gasteiger partial charge in [0.2, 0.25) is 0 Å². The van der Waals surface area contributed by atoms with Gasteiger partial charge in [-0.25, -0.2) is 0 Å². The van der Waals surface area contributed by atoms with Gasteiger partial charge in [0.15, 0.2) is 11.5 Å². The highest BCUT2D eigenvalue weighted by Gasteiger charge is 2.14. The second-order valence-corrected chi connectivity index (χ2v) is 8.93. The standard InChI is InChI=1S/C30H25BrN2O4/c1-3-36-26-12-10-25(11-13-26)33-30(34)24(18-32)15-23-16-28(35-2)29(17-27(23)31)37-19-20-8-9-21-6-4-5-7-22(21)14-20/h4-17H,3,19H2,1-2H3,(H,33,34)/b24-15-. The van der Waals surface area contributed by atoms with Gasteiger partial charge in [-0.3, -0.25) is 4.79 Å². The number of ether oxygens (including phenoxy) is 3. The van der Waals surface area contributed by atoms with Crippen LogP contribution < -0.4 is 19.5 Å². The van der Waals surface area contributed by atoms with Crippen molar-refractivity contribution in [1.82, 2.24) is 0 Å². The summed E-state index contributed by atoms with van der Waals surface area (Å²) >= 11 is 3.53. The molecule has 0 bridgehead atoms. The first-order chi connectivity index (χ1) is 18.0. The highest BCUT2D eigenvalue weighted by molar-refractivity contribution is 9.10. The third-order valence-electron chi connectivity index (χ3n) is 5.58. The van der Waals surface area contributed by atoms with Crippen LogP contribution >= 0.6 is 15.9 Å². The van der Waals surface area contributed by atoms with Gasteiger partial charge >= 0.3 is 0 Å². The highest BCUT2D eigenvalue weighted by Crippen LogP contribution is 2.35. The van der Waals surface area contributed by atoms with Crippen molar-refractivity contribution in [2.24, 2.45) is 0 Å². The fourth-order valence-corrected chi connectivity index (χ4v) is 4.16. The van der Waals surface area contributed by atoms with Crippen LogP contribution in [0.1, 0.15) is 18.1 Å². The maximum absolute atomic E-state index is 12.7. The van der Waals surface area contributed by atoms with Gasteiger partial charge in [-0.1, -0.05) is 52.3 Å². The monoisotopic (exact) mass is 556 g/mol. The second-order valence-electron chi connectivity index (χ2n) is 8.08. The molecule has 1 amide bonds. The van der Waals surface area contributed by atoms with Crippen LogP contribution in [0.25, 0.3) is 16.8 Å². The molecule has 0 aliphatic rings. The predicted octanol–water partition coefficient (Wildman–Crippen LogP) is 7.13. The molecule has 0 heterocycles. The van der Waals surface area contributed by atoms with Crippen molar-refractivity contribution in [1.29, 1.82) is 5.26 Å². The summed E-state index contributed by atoms with van der Waals surface area (Å²) in [5.41, 5.74) is 2.14. The SMILES string of the molecule is CCOc1ccc(NC(=O)/C(C#N)=C\c2cc(OC)c(OCc3ccc4ccccc4c3)cc2Br)cc1. The number of hydrogen-bond donors (Lipinski definition) is 1. The van der Waals surface area contributed by atoms with E-state index in [1.807, 2.05) is 31.2 Å². The van der Waals surface area contributed by atoms with Crippen molar-refractivity contribution in [3.8, 4) is 23.3 Å². The van der Waals surface area contributed by atoms with E-state index in [0.717, 1.165) is 10.9 Å². The average Bonchev–Trinajstić information content (AvgIpc) is 2.92. The molecule has 4 rings (SSSR count). The van der Waals surface area contributed by atoms with Crippen LogP contribution in [0.4, 0.5) is 5.69 Å². The first kappa shape index (κ1) is 25.8. The zero-order valence-electron chi connectivity index (χ0n) is 20.5. The Hall–Kier alpha value is -4.28. The number of carbonyl (C=O) groups excluding carboxylic acids is 1. The fraction of sp³-hybridized carbons (Fsp3) is 0.133. The van der Waals surface area contributed by atoms with Gasteiger partial charge < -0.3 is 19.5 Å². The van der Waals surface area contributed by atoms with Gasteiger partial charge in [-0.05, 0) is 77.4 Å². The number of methoxy groups -OCH3 is 1. The molecule has 0 aromatic heterocycles. The molecule has 0 radical (unpaired) electrons. The molecule has 4 aromatic rings. The highest BCUT2D eigenvalue weighted by atomic mass is 79.9. The Labute approximate surface area is 224 Å². The molecule has 186 valence electrons. The number of halogens is 1. The molecule has 4 aromatic carbocycles. The zero-order valence-corrected chi connectivity index (χ0v) is 22.0. The topological polar surface area (TPSA) is 80.6 Å². The van der Waals surface area contributed by atoms with Crippen molar-refractivity contribution in [3.05, 3.63) is 100 Å². The van der Waals surface area contributed by atoms with E-state index in [2.05, 4.69) is 45.5 Å². The van der Waals surface area contributed by atoms with Crippen LogP contribution in [0.15, 0.2) is 88.9 Å². The number of fused-ring (bicyclic) bond motifs is 1. The van der Waals surface area contributed by atoms with E-state index < -0.39 is 5.91 Å². The predicted molar refractivity (Wildman–Crippen MR) is 149 cm³/mol. The van der Waals surface area contributed by atoms with Gasteiger partial charge in [0, 0.05) is 10.2 Å². The van der Waals surface area contributed by atoms with Crippen LogP contribution in [0.3, 0.4) is 0 Å². The first-order valence-corrected chi connectivity index (χ1v) is 12.4. The lowest BCUT2D eigenvalue weighted by Gasteiger charge is -2.13. The third kappa shape index (κ3) is 6.49. The van der Waals surface area contributed by atoms with Crippen LogP contribution in [0, 0.1) is 11.3 Å². The number of hydrogen-bond acceptors (Lipinski definition) is 5. The van der Waals surface area contributed by atoms with Crippen molar-refractivity contribution in [2.45, 2.75) is 13.5 Å². The van der Waals surface area contributed by atoms with E-state index in [4.69, 9.17) is 14.2 Å². The van der Waals surface area contributed by atoms with Crippen LogP contribution in [0.2, 0.25) is 0 Å². The van der Waals surface area contributed by atoms with Crippen molar-refractivity contribution >= 4 is 44.4 Å². The molecular formula is C30H25BrN2O4. The number of carbonyl (C=O) groups is 1. The van der Waals surface area contributed by atoms with E-state index in [0.29, 0.717) is 46.2 Å². The molecule has 37 heavy (non-hydrogen) atoms. The molecule has 0 saturated heterocycles. The molecule has 0 spiro atoms. The van der Waals surface area contributed by atoms with Gasteiger partial charge in [0.25, 0.3) is 5.91 Å². The Morgan fingerprint density at radius 3 is 2.43 bits per heavy atom. The Morgan fingerprint density at radius 1 is 0.973 bits per heavy atom.